The Balaban J connectivity index is 1.40. The van der Waals surface area contributed by atoms with E-state index in [1.807, 2.05) is 29.2 Å². The zero-order valence-electron chi connectivity index (χ0n) is 13.5. The van der Waals surface area contributed by atoms with Crippen LogP contribution < -0.4 is 5.32 Å². The van der Waals surface area contributed by atoms with Gasteiger partial charge in [0.25, 0.3) is 0 Å². The third kappa shape index (κ3) is 3.06. The minimum Gasteiger partial charge on any atom is -0.337 e. The summed E-state index contributed by atoms with van der Waals surface area (Å²) in [7, 11) is 0. The summed E-state index contributed by atoms with van der Waals surface area (Å²) >= 11 is 0. The molecule has 1 saturated heterocycles. The molecule has 0 saturated carbocycles. The molecule has 1 N–H and O–H groups in total. The Hall–Kier alpha value is -2.20. The topological polar surface area (TPSA) is 32.3 Å². The monoisotopic (exact) mass is 324 g/mol. The molecule has 0 aromatic heterocycles. The minimum atomic E-state index is -0.167. The van der Waals surface area contributed by atoms with Gasteiger partial charge >= 0.3 is 0 Å². The molecule has 0 bridgehead atoms. The number of amides is 1. The second kappa shape index (κ2) is 6.36. The van der Waals surface area contributed by atoms with Gasteiger partial charge in [0.05, 0.1) is 0 Å². The summed E-state index contributed by atoms with van der Waals surface area (Å²) < 4.78 is 13.3. The SMILES string of the molecule is O=C1CC(NC2CCc3cc(F)ccc32)CN1Cc1ccccc1. The lowest BCUT2D eigenvalue weighted by Gasteiger charge is -2.21. The second-order valence-electron chi connectivity index (χ2n) is 6.76. The van der Waals surface area contributed by atoms with Crippen molar-refractivity contribution in [3.63, 3.8) is 0 Å². The first-order valence-electron chi connectivity index (χ1n) is 8.55. The Morgan fingerprint density at radius 1 is 1.17 bits per heavy atom. The fourth-order valence-corrected chi connectivity index (χ4v) is 3.88. The molecule has 2 atom stereocenters. The number of fused-ring (bicyclic) bond motifs is 1. The van der Waals surface area contributed by atoms with Gasteiger partial charge in [0.15, 0.2) is 0 Å². The van der Waals surface area contributed by atoms with Gasteiger partial charge in [-0.25, -0.2) is 4.39 Å². The Morgan fingerprint density at radius 2 is 2.00 bits per heavy atom. The summed E-state index contributed by atoms with van der Waals surface area (Å²) in [6.07, 6.45) is 2.42. The molecule has 1 amide bonds. The first-order valence-corrected chi connectivity index (χ1v) is 8.55. The van der Waals surface area contributed by atoms with Gasteiger partial charge in [-0.2, -0.15) is 0 Å². The maximum atomic E-state index is 13.3. The summed E-state index contributed by atoms with van der Waals surface area (Å²) in [4.78, 5) is 14.2. The quantitative estimate of drug-likeness (QED) is 0.937. The molecule has 4 rings (SSSR count). The number of carbonyl (C=O) groups excluding carboxylic acids is 1. The second-order valence-corrected chi connectivity index (χ2v) is 6.76. The maximum absolute atomic E-state index is 13.3. The van der Waals surface area contributed by atoms with Crippen molar-refractivity contribution < 1.29 is 9.18 Å². The van der Waals surface area contributed by atoms with Crippen LogP contribution in [0.1, 0.15) is 35.6 Å². The number of likely N-dealkylation sites (tertiary alicyclic amines) is 1. The third-order valence-electron chi connectivity index (χ3n) is 5.05. The van der Waals surface area contributed by atoms with Crippen LogP contribution in [0.3, 0.4) is 0 Å². The van der Waals surface area contributed by atoms with Gasteiger partial charge in [0, 0.05) is 31.6 Å². The Bertz CT molecular complexity index is 747. The van der Waals surface area contributed by atoms with E-state index in [0.29, 0.717) is 13.0 Å². The predicted octanol–water partition coefficient (Wildman–Crippen LogP) is 3.20. The number of rotatable bonds is 4. The van der Waals surface area contributed by atoms with E-state index in [4.69, 9.17) is 0 Å². The molecule has 2 aromatic rings. The Morgan fingerprint density at radius 3 is 2.83 bits per heavy atom. The fourth-order valence-electron chi connectivity index (χ4n) is 3.88. The van der Waals surface area contributed by atoms with E-state index in [1.54, 1.807) is 6.07 Å². The molecule has 2 unspecified atom stereocenters. The van der Waals surface area contributed by atoms with Gasteiger partial charge in [-0.3, -0.25) is 4.79 Å². The highest BCUT2D eigenvalue weighted by atomic mass is 19.1. The number of nitrogens with one attached hydrogen (secondary N) is 1. The van der Waals surface area contributed by atoms with Crippen LogP contribution in [0.2, 0.25) is 0 Å². The highest BCUT2D eigenvalue weighted by molar-refractivity contribution is 5.79. The normalized spacial score (nSPS) is 22.9. The first kappa shape index (κ1) is 15.3. The van der Waals surface area contributed by atoms with E-state index in [2.05, 4.69) is 17.4 Å². The number of hydrogen-bond donors (Lipinski definition) is 1. The molecule has 124 valence electrons. The van der Waals surface area contributed by atoms with Crippen molar-refractivity contribution in [1.29, 1.82) is 0 Å². The van der Waals surface area contributed by atoms with Gasteiger partial charge < -0.3 is 10.2 Å². The Kier molecular flexibility index (Phi) is 4.07. The van der Waals surface area contributed by atoms with Crippen LogP contribution >= 0.6 is 0 Å². The molecule has 2 aliphatic rings. The minimum absolute atomic E-state index is 0.167. The van der Waals surface area contributed by atoms with Crippen molar-refractivity contribution in [1.82, 2.24) is 10.2 Å². The molecular weight excluding hydrogens is 303 g/mol. The molecular formula is C20H21FN2O. The lowest BCUT2D eigenvalue weighted by Crippen LogP contribution is -2.34. The number of nitrogens with zero attached hydrogens (tertiary/aromatic N) is 1. The lowest BCUT2D eigenvalue weighted by atomic mass is 10.1. The van der Waals surface area contributed by atoms with Crippen LogP contribution in [0.15, 0.2) is 48.5 Å². The summed E-state index contributed by atoms with van der Waals surface area (Å²) in [5, 5.41) is 3.61. The molecule has 1 aliphatic heterocycles. The van der Waals surface area contributed by atoms with E-state index in [9.17, 15) is 9.18 Å². The molecule has 3 nitrogen and oxygen atoms in total. The van der Waals surface area contributed by atoms with Crippen LogP contribution in [0, 0.1) is 5.82 Å². The van der Waals surface area contributed by atoms with Crippen LogP contribution in [-0.4, -0.2) is 23.4 Å². The molecule has 24 heavy (non-hydrogen) atoms. The molecule has 1 heterocycles. The molecule has 1 aliphatic carbocycles. The number of hydrogen-bond acceptors (Lipinski definition) is 2. The Labute approximate surface area is 141 Å². The number of benzene rings is 2. The lowest BCUT2D eigenvalue weighted by molar-refractivity contribution is -0.128. The van der Waals surface area contributed by atoms with Crippen molar-refractivity contribution >= 4 is 5.91 Å². The number of halogens is 1. The van der Waals surface area contributed by atoms with Gasteiger partial charge in [0.2, 0.25) is 5.91 Å². The smallest absolute Gasteiger partial charge is 0.224 e. The molecule has 4 heteroatoms. The van der Waals surface area contributed by atoms with E-state index in [-0.39, 0.29) is 23.8 Å². The van der Waals surface area contributed by atoms with Gasteiger partial charge in [0.1, 0.15) is 5.82 Å². The fraction of sp³-hybridized carbons (Fsp3) is 0.350. The van der Waals surface area contributed by atoms with Crippen molar-refractivity contribution in [2.75, 3.05) is 6.54 Å². The zero-order chi connectivity index (χ0) is 16.5. The van der Waals surface area contributed by atoms with Gasteiger partial charge in [-0.05, 0) is 41.7 Å². The molecule has 2 aromatic carbocycles. The first-order chi connectivity index (χ1) is 11.7. The van der Waals surface area contributed by atoms with E-state index >= 15 is 0 Å². The molecule has 0 radical (unpaired) electrons. The van der Waals surface area contributed by atoms with Crippen molar-refractivity contribution in [3.05, 3.63) is 71.0 Å². The van der Waals surface area contributed by atoms with Crippen LogP contribution in [-0.2, 0) is 17.8 Å². The average molecular weight is 324 g/mol. The number of carbonyl (C=O) groups is 1. The van der Waals surface area contributed by atoms with Crippen LogP contribution in [0.25, 0.3) is 0 Å². The van der Waals surface area contributed by atoms with E-state index in [0.717, 1.165) is 30.5 Å². The third-order valence-corrected chi connectivity index (χ3v) is 5.05. The van der Waals surface area contributed by atoms with Crippen molar-refractivity contribution in [2.24, 2.45) is 0 Å². The predicted molar refractivity (Wildman–Crippen MR) is 90.9 cm³/mol. The van der Waals surface area contributed by atoms with Crippen LogP contribution in [0.4, 0.5) is 4.39 Å². The average Bonchev–Trinajstić information content (AvgIpc) is 3.12. The van der Waals surface area contributed by atoms with E-state index < -0.39 is 0 Å². The standard InChI is InChI=1S/C20H21FN2O/c21-16-7-8-18-15(10-16)6-9-19(18)22-17-11-20(24)23(13-17)12-14-4-2-1-3-5-14/h1-5,7-8,10,17,19,22H,6,9,11-13H2. The molecule has 1 fully saturated rings. The summed E-state index contributed by atoms with van der Waals surface area (Å²) in [5.41, 5.74) is 3.44. The van der Waals surface area contributed by atoms with Gasteiger partial charge in [-0.15, -0.1) is 0 Å². The largest absolute Gasteiger partial charge is 0.337 e. The maximum Gasteiger partial charge on any atom is 0.224 e. The summed E-state index contributed by atoms with van der Waals surface area (Å²) in [6, 6.07) is 15.5. The summed E-state index contributed by atoms with van der Waals surface area (Å²) in [5.74, 6) is 0.0353. The highest BCUT2D eigenvalue weighted by Crippen LogP contribution is 2.32. The van der Waals surface area contributed by atoms with E-state index in [1.165, 1.54) is 11.6 Å². The zero-order valence-corrected chi connectivity index (χ0v) is 13.5. The van der Waals surface area contributed by atoms with Gasteiger partial charge in [-0.1, -0.05) is 36.4 Å². The number of aryl methyl sites for hydroxylation is 1. The van der Waals surface area contributed by atoms with Crippen molar-refractivity contribution in [2.45, 2.75) is 37.9 Å². The molecule has 0 spiro atoms. The van der Waals surface area contributed by atoms with Crippen LogP contribution in [0.5, 0.6) is 0 Å². The van der Waals surface area contributed by atoms with Crippen molar-refractivity contribution in [3.8, 4) is 0 Å². The summed E-state index contributed by atoms with van der Waals surface area (Å²) in [6.45, 7) is 1.41. The highest BCUT2D eigenvalue weighted by Gasteiger charge is 2.33.